The zero-order chi connectivity index (χ0) is 17.5. The number of carbonyl (C=O) groups is 1. The molecule has 0 fully saturated rings. The Kier molecular flexibility index (Phi) is 7.40. The second-order valence-corrected chi connectivity index (χ2v) is 6.86. The van der Waals surface area contributed by atoms with Crippen LogP contribution in [0.2, 0.25) is 10.0 Å². The highest BCUT2D eigenvalue weighted by atomic mass is 79.9. The molecule has 2 aromatic carbocycles. The van der Waals surface area contributed by atoms with Crippen LogP contribution in [0, 0.1) is 0 Å². The van der Waals surface area contributed by atoms with Crippen LogP contribution in [0.15, 0.2) is 46.9 Å². The van der Waals surface area contributed by atoms with Gasteiger partial charge >= 0.3 is 5.97 Å². The smallest absolute Gasteiger partial charge is 0.313 e. The SMILES string of the molecule is COC(=O)[C@@H](CCCOc1ccccc1Br)c1ccc(Cl)cc1Cl. The average Bonchev–Trinajstić information content (AvgIpc) is 2.57. The fraction of sp³-hybridized carbons (Fsp3) is 0.278. The average molecular weight is 432 g/mol. The van der Waals surface area contributed by atoms with E-state index in [1.807, 2.05) is 24.3 Å². The van der Waals surface area contributed by atoms with Crippen LogP contribution in [0.4, 0.5) is 0 Å². The zero-order valence-electron chi connectivity index (χ0n) is 13.1. The standard InChI is InChI=1S/C18H17BrCl2O3/c1-23-18(22)14(13-9-8-12(20)11-16(13)21)5-4-10-24-17-7-3-2-6-15(17)19/h2-3,6-9,11,14H,4-5,10H2,1H3/t14-/m0/s1. The summed E-state index contributed by atoms with van der Waals surface area (Å²) in [6.45, 7) is 0.487. The molecule has 0 unspecified atom stereocenters. The lowest BCUT2D eigenvalue weighted by Crippen LogP contribution is -2.16. The number of rotatable bonds is 7. The van der Waals surface area contributed by atoms with Gasteiger partial charge in [-0.3, -0.25) is 4.79 Å². The fourth-order valence-corrected chi connectivity index (χ4v) is 3.30. The first-order valence-corrected chi connectivity index (χ1v) is 8.98. The van der Waals surface area contributed by atoms with Crippen molar-refractivity contribution < 1.29 is 14.3 Å². The molecule has 1 atom stereocenters. The van der Waals surface area contributed by atoms with Crippen molar-refractivity contribution in [1.29, 1.82) is 0 Å². The largest absolute Gasteiger partial charge is 0.492 e. The van der Waals surface area contributed by atoms with E-state index in [0.29, 0.717) is 35.1 Å². The molecule has 6 heteroatoms. The molecule has 128 valence electrons. The number of benzene rings is 2. The first kappa shape index (κ1) is 19.1. The Labute approximate surface area is 160 Å². The van der Waals surface area contributed by atoms with Crippen molar-refractivity contribution in [3.05, 3.63) is 62.5 Å². The van der Waals surface area contributed by atoms with Gasteiger partial charge in [0.2, 0.25) is 0 Å². The third kappa shape index (κ3) is 5.13. The van der Waals surface area contributed by atoms with E-state index in [-0.39, 0.29) is 5.97 Å². The lowest BCUT2D eigenvalue weighted by molar-refractivity contribution is -0.142. The van der Waals surface area contributed by atoms with Gasteiger partial charge in [-0.05, 0) is 58.6 Å². The van der Waals surface area contributed by atoms with E-state index in [0.717, 1.165) is 10.2 Å². The van der Waals surface area contributed by atoms with Gasteiger partial charge in [-0.15, -0.1) is 0 Å². The van der Waals surface area contributed by atoms with Gasteiger partial charge < -0.3 is 9.47 Å². The van der Waals surface area contributed by atoms with Crippen LogP contribution in [0.1, 0.15) is 24.3 Å². The summed E-state index contributed by atoms with van der Waals surface area (Å²) in [5, 5.41) is 0.995. The molecule has 0 saturated carbocycles. The van der Waals surface area contributed by atoms with Crippen LogP contribution >= 0.6 is 39.1 Å². The fourth-order valence-electron chi connectivity index (χ4n) is 2.36. The highest BCUT2D eigenvalue weighted by Crippen LogP contribution is 2.31. The Morgan fingerprint density at radius 1 is 1.21 bits per heavy atom. The van der Waals surface area contributed by atoms with Crippen LogP contribution in [0.25, 0.3) is 0 Å². The van der Waals surface area contributed by atoms with Gasteiger partial charge in [-0.2, -0.15) is 0 Å². The van der Waals surface area contributed by atoms with E-state index < -0.39 is 5.92 Å². The minimum absolute atomic E-state index is 0.319. The summed E-state index contributed by atoms with van der Waals surface area (Å²) in [5.74, 6) is 0.0133. The van der Waals surface area contributed by atoms with Crippen molar-refractivity contribution in [3.63, 3.8) is 0 Å². The minimum atomic E-state index is -0.442. The molecule has 0 bridgehead atoms. The topological polar surface area (TPSA) is 35.5 Å². The van der Waals surface area contributed by atoms with Crippen molar-refractivity contribution in [3.8, 4) is 5.75 Å². The number of carbonyl (C=O) groups excluding carboxylic acids is 1. The first-order valence-electron chi connectivity index (χ1n) is 7.43. The molecule has 0 saturated heterocycles. The second kappa shape index (κ2) is 9.30. The molecule has 0 spiro atoms. The number of hydrogen-bond acceptors (Lipinski definition) is 3. The van der Waals surface area contributed by atoms with Crippen molar-refractivity contribution in [2.24, 2.45) is 0 Å². The Balaban J connectivity index is 1.99. The zero-order valence-corrected chi connectivity index (χ0v) is 16.2. The summed E-state index contributed by atoms with van der Waals surface area (Å²) in [5.41, 5.74) is 0.716. The molecule has 2 rings (SSSR count). The van der Waals surface area contributed by atoms with E-state index in [1.165, 1.54) is 7.11 Å². The van der Waals surface area contributed by atoms with Gasteiger partial charge in [-0.1, -0.05) is 41.4 Å². The molecule has 0 heterocycles. The summed E-state index contributed by atoms with van der Waals surface area (Å²) in [6.07, 6.45) is 1.25. The Morgan fingerprint density at radius 3 is 2.62 bits per heavy atom. The van der Waals surface area contributed by atoms with Gasteiger partial charge in [-0.25, -0.2) is 0 Å². The van der Waals surface area contributed by atoms with Gasteiger partial charge in [0.25, 0.3) is 0 Å². The summed E-state index contributed by atoms with van der Waals surface area (Å²) >= 11 is 15.6. The van der Waals surface area contributed by atoms with Gasteiger partial charge in [0.05, 0.1) is 24.1 Å². The molecular formula is C18H17BrCl2O3. The summed E-state index contributed by atoms with van der Waals surface area (Å²) in [6, 6.07) is 12.7. The Bertz CT molecular complexity index is 706. The third-order valence-corrected chi connectivity index (χ3v) is 4.77. The van der Waals surface area contributed by atoms with E-state index in [9.17, 15) is 4.79 Å². The van der Waals surface area contributed by atoms with E-state index >= 15 is 0 Å². The molecule has 3 nitrogen and oxygen atoms in total. The second-order valence-electron chi connectivity index (χ2n) is 5.16. The molecule has 0 N–H and O–H groups in total. The Hall–Kier alpha value is -1.23. The number of ether oxygens (including phenoxy) is 2. The minimum Gasteiger partial charge on any atom is -0.492 e. The van der Waals surface area contributed by atoms with Crippen molar-refractivity contribution in [2.75, 3.05) is 13.7 Å². The molecule has 24 heavy (non-hydrogen) atoms. The summed E-state index contributed by atoms with van der Waals surface area (Å²) in [7, 11) is 1.37. The quantitative estimate of drug-likeness (QED) is 0.406. The predicted octanol–water partition coefficient (Wildman–Crippen LogP) is 5.87. The van der Waals surface area contributed by atoms with Gasteiger partial charge in [0.15, 0.2) is 0 Å². The molecule has 0 aliphatic rings. The molecule has 0 radical (unpaired) electrons. The van der Waals surface area contributed by atoms with Crippen LogP contribution in [0.5, 0.6) is 5.75 Å². The van der Waals surface area contributed by atoms with Crippen LogP contribution in [-0.4, -0.2) is 19.7 Å². The highest BCUT2D eigenvalue weighted by Gasteiger charge is 2.23. The monoisotopic (exact) mass is 430 g/mol. The lowest BCUT2D eigenvalue weighted by Gasteiger charge is -2.17. The van der Waals surface area contributed by atoms with Gasteiger partial charge in [0.1, 0.15) is 5.75 Å². The molecule has 0 amide bonds. The molecule has 2 aromatic rings. The van der Waals surface area contributed by atoms with E-state index in [2.05, 4.69) is 15.9 Å². The maximum atomic E-state index is 12.1. The normalized spacial score (nSPS) is 11.8. The van der Waals surface area contributed by atoms with Crippen LogP contribution in [0.3, 0.4) is 0 Å². The highest BCUT2D eigenvalue weighted by molar-refractivity contribution is 9.10. The Morgan fingerprint density at radius 2 is 1.96 bits per heavy atom. The summed E-state index contributed by atoms with van der Waals surface area (Å²) in [4.78, 5) is 12.1. The van der Waals surface area contributed by atoms with Gasteiger partial charge in [0, 0.05) is 10.0 Å². The van der Waals surface area contributed by atoms with Crippen LogP contribution < -0.4 is 4.74 Å². The predicted molar refractivity (Wildman–Crippen MR) is 100 cm³/mol. The summed E-state index contributed by atoms with van der Waals surface area (Å²) < 4.78 is 11.5. The number of methoxy groups -OCH3 is 1. The molecule has 0 aliphatic heterocycles. The van der Waals surface area contributed by atoms with Crippen molar-refractivity contribution in [2.45, 2.75) is 18.8 Å². The third-order valence-electron chi connectivity index (χ3n) is 3.55. The number of hydrogen-bond donors (Lipinski definition) is 0. The van der Waals surface area contributed by atoms with Crippen molar-refractivity contribution >= 4 is 45.1 Å². The van der Waals surface area contributed by atoms with E-state index in [1.54, 1.807) is 18.2 Å². The van der Waals surface area contributed by atoms with E-state index in [4.69, 9.17) is 32.7 Å². The van der Waals surface area contributed by atoms with Crippen LogP contribution in [-0.2, 0) is 9.53 Å². The molecule has 0 aromatic heterocycles. The molecular weight excluding hydrogens is 415 g/mol. The van der Waals surface area contributed by atoms with Crippen molar-refractivity contribution in [1.82, 2.24) is 0 Å². The number of halogens is 3. The maximum Gasteiger partial charge on any atom is 0.313 e. The number of para-hydroxylation sites is 1. The first-order chi connectivity index (χ1) is 11.5. The lowest BCUT2D eigenvalue weighted by atomic mass is 9.94. The number of esters is 1. The molecule has 0 aliphatic carbocycles. The maximum absolute atomic E-state index is 12.1.